The van der Waals surface area contributed by atoms with E-state index in [0.29, 0.717) is 12.0 Å². The van der Waals surface area contributed by atoms with Gasteiger partial charge in [0.25, 0.3) is 6.43 Å². The Kier molecular flexibility index (Phi) is 5.03. The Labute approximate surface area is 127 Å². The van der Waals surface area contributed by atoms with Gasteiger partial charge in [0, 0.05) is 17.0 Å². The van der Waals surface area contributed by atoms with Gasteiger partial charge in [-0.05, 0) is 44.8 Å². The van der Waals surface area contributed by atoms with Crippen molar-refractivity contribution >= 4 is 0 Å². The second-order valence-electron chi connectivity index (χ2n) is 7.04. The van der Waals surface area contributed by atoms with Crippen LogP contribution in [0.25, 0.3) is 0 Å². The third-order valence-electron chi connectivity index (χ3n) is 4.94. The number of benzene rings is 1. The van der Waals surface area contributed by atoms with Crippen LogP contribution >= 0.6 is 0 Å². The summed E-state index contributed by atoms with van der Waals surface area (Å²) >= 11 is 0. The maximum absolute atomic E-state index is 12.7. The molecule has 1 atom stereocenters. The van der Waals surface area contributed by atoms with E-state index in [4.69, 9.17) is 0 Å². The fourth-order valence-electron chi connectivity index (χ4n) is 3.71. The number of likely N-dealkylation sites (N-methyl/N-ethyl adjacent to an activating group) is 1. The van der Waals surface area contributed by atoms with Gasteiger partial charge in [-0.1, -0.05) is 44.5 Å². The van der Waals surface area contributed by atoms with E-state index in [9.17, 15) is 8.78 Å². The molecule has 0 N–H and O–H groups in total. The van der Waals surface area contributed by atoms with E-state index in [-0.39, 0.29) is 11.0 Å². The van der Waals surface area contributed by atoms with Gasteiger partial charge in [-0.25, -0.2) is 8.78 Å². The van der Waals surface area contributed by atoms with Crippen LogP contribution in [0.4, 0.5) is 8.78 Å². The minimum absolute atomic E-state index is 0.124. The number of hydrogen-bond acceptors (Lipinski definition) is 1. The first-order chi connectivity index (χ1) is 9.86. The number of halogens is 2. The van der Waals surface area contributed by atoms with Crippen molar-refractivity contribution in [1.82, 2.24) is 4.90 Å². The van der Waals surface area contributed by atoms with Crippen molar-refractivity contribution in [3.05, 3.63) is 35.4 Å². The molecular weight excluding hydrogens is 268 g/mol. The molecule has 1 aromatic rings. The van der Waals surface area contributed by atoms with E-state index in [1.165, 1.54) is 12.0 Å². The zero-order chi connectivity index (χ0) is 15.6. The van der Waals surface area contributed by atoms with Gasteiger partial charge in [-0.3, -0.25) is 0 Å². The molecule has 1 unspecified atom stereocenters. The number of alkyl halides is 2. The van der Waals surface area contributed by atoms with Crippen molar-refractivity contribution in [2.24, 2.45) is 5.92 Å². The molecule has 0 spiro atoms. The van der Waals surface area contributed by atoms with Crippen LogP contribution in [0.2, 0.25) is 0 Å². The summed E-state index contributed by atoms with van der Waals surface area (Å²) in [6.07, 6.45) is 2.33. The fourth-order valence-corrected chi connectivity index (χ4v) is 3.71. The molecule has 0 radical (unpaired) electrons. The van der Waals surface area contributed by atoms with Gasteiger partial charge in [-0.15, -0.1) is 0 Å². The van der Waals surface area contributed by atoms with Crippen molar-refractivity contribution in [2.45, 2.75) is 57.4 Å². The van der Waals surface area contributed by atoms with Crippen molar-refractivity contribution in [2.75, 3.05) is 14.1 Å². The van der Waals surface area contributed by atoms with Gasteiger partial charge in [0.15, 0.2) is 0 Å². The van der Waals surface area contributed by atoms with Crippen LogP contribution in [0.3, 0.4) is 0 Å². The lowest BCUT2D eigenvalue weighted by Crippen LogP contribution is -2.52. The van der Waals surface area contributed by atoms with Crippen LogP contribution in [-0.2, 0) is 5.41 Å². The van der Waals surface area contributed by atoms with Crippen molar-refractivity contribution < 1.29 is 8.78 Å². The van der Waals surface area contributed by atoms with Crippen LogP contribution in [0.15, 0.2) is 24.3 Å². The second-order valence-corrected chi connectivity index (χ2v) is 7.04. The molecule has 0 bridgehead atoms. The van der Waals surface area contributed by atoms with Crippen LogP contribution in [-0.4, -0.2) is 25.0 Å². The van der Waals surface area contributed by atoms with E-state index in [1.807, 2.05) is 12.1 Å². The highest BCUT2D eigenvalue weighted by Gasteiger charge is 2.46. The Morgan fingerprint density at radius 3 is 2.00 bits per heavy atom. The van der Waals surface area contributed by atoms with Crippen LogP contribution in [0.1, 0.15) is 57.1 Å². The molecule has 0 aromatic heterocycles. The second kappa shape index (κ2) is 6.43. The Morgan fingerprint density at radius 1 is 1.10 bits per heavy atom. The normalized spacial score (nSPS) is 19.1. The van der Waals surface area contributed by atoms with Gasteiger partial charge in [0.1, 0.15) is 0 Å². The van der Waals surface area contributed by atoms with E-state index in [1.54, 1.807) is 12.1 Å². The summed E-state index contributed by atoms with van der Waals surface area (Å²) < 4.78 is 25.5. The minimum atomic E-state index is -2.38. The molecule has 1 aliphatic carbocycles. The highest BCUT2D eigenvalue weighted by Crippen LogP contribution is 2.49. The van der Waals surface area contributed by atoms with Crippen molar-refractivity contribution in [3.63, 3.8) is 0 Å². The van der Waals surface area contributed by atoms with Crippen LogP contribution in [0, 0.1) is 5.92 Å². The van der Waals surface area contributed by atoms with Crippen LogP contribution < -0.4 is 0 Å². The molecule has 3 heteroatoms. The van der Waals surface area contributed by atoms with Gasteiger partial charge in [0.2, 0.25) is 0 Å². The Bertz CT molecular complexity index is 447. The zero-order valence-corrected chi connectivity index (χ0v) is 13.6. The highest BCUT2D eigenvalue weighted by atomic mass is 19.3. The third-order valence-corrected chi connectivity index (χ3v) is 4.94. The predicted octanol–water partition coefficient (Wildman–Crippen LogP) is 5.02. The zero-order valence-electron chi connectivity index (χ0n) is 13.6. The van der Waals surface area contributed by atoms with E-state index >= 15 is 0 Å². The number of nitrogens with zero attached hydrogens (tertiary/aromatic N) is 1. The van der Waals surface area contributed by atoms with E-state index < -0.39 is 6.43 Å². The lowest BCUT2D eigenvalue weighted by Gasteiger charge is -2.51. The molecule has 1 nitrogen and oxygen atoms in total. The Morgan fingerprint density at radius 2 is 1.67 bits per heavy atom. The molecule has 0 aliphatic heterocycles. The molecule has 1 fully saturated rings. The SMILES string of the molecule is CC(C)CC(N(C)C)C1(c2ccc(C(F)F)cc2)CCC1. The quantitative estimate of drug-likeness (QED) is 0.712. The lowest BCUT2D eigenvalue weighted by molar-refractivity contribution is 0.0807. The van der Waals surface area contributed by atoms with Gasteiger partial charge in [-0.2, -0.15) is 0 Å². The van der Waals surface area contributed by atoms with Gasteiger partial charge in [0.05, 0.1) is 0 Å². The fraction of sp³-hybridized carbons (Fsp3) is 0.667. The average Bonchev–Trinajstić information content (AvgIpc) is 2.36. The summed E-state index contributed by atoms with van der Waals surface area (Å²) in [5, 5.41) is 0. The monoisotopic (exact) mass is 295 g/mol. The van der Waals surface area contributed by atoms with Crippen molar-refractivity contribution in [1.29, 1.82) is 0 Å². The molecule has 0 heterocycles. The standard InChI is InChI=1S/C18H27F2N/c1-13(2)12-16(21(3)4)18(10-5-11-18)15-8-6-14(7-9-15)17(19)20/h6-9,13,16-17H,5,10-12H2,1-4H3. The molecule has 21 heavy (non-hydrogen) atoms. The molecule has 1 aliphatic rings. The predicted molar refractivity (Wildman–Crippen MR) is 83.9 cm³/mol. The highest BCUT2D eigenvalue weighted by molar-refractivity contribution is 5.33. The summed E-state index contributed by atoms with van der Waals surface area (Å²) in [7, 11) is 4.28. The largest absolute Gasteiger partial charge is 0.306 e. The van der Waals surface area contributed by atoms with Crippen LogP contribution in [0.5, 0.6) is 0 Å². The summed E-state index contributed by atoms with van der Waals surface area (Å²) in [4.78, 5) is 2.32. The smallest absolute Gasteiger partial charge is 0.263 e. The first kappa shape index (κ1) is 16.4. The van der Waals surface area contributed by atoms with Gasteiger partial charge >= 0.3 is 0 Å². The summed E-state index contributed by atoms with van der Waals surface area (Å²) in [6, 6.07) is 7.53. The molecule has 0 amide bonds. The van der Waals surface area contributed by atoms with Crippen molar-refractivity contribution in [3.8, 4) is 0 Å². The maximum Gasteiger partial charge on any atom is 0.263 e. The molecule has 2 rings (SSSR count). The number of hydrogen-bond donors (Lipinski definition) is 0. The van der Waals surface area contributed by atoms with E-state index in [2.05, 4.69) is 32.8 Å². The lowest BCUT2D eigenvalue weighted by atomic mass is 9.58. The average molecular weight is 295 g/mol. The minimum Gasteiger partial charge on any atom is -0.306 e. The first-order valence-electron chi connectivity index (χ1n) is 7.92. The molecule has 1 aromatic carbocycles. The topological polar surface area (TPSA) is 3.24 Å². The molecule has 0 saturated heterocycles. The molecule has 118 valence electrons. The summed E-state index contributed by atoms with van der Waals surface area (Å²) in [5.74, 6) is 0.634. The Hall–Kier alpha value is -0.960. The maximum atomic E-state index is 12.7. The summed E-state index contributed by atoms with van der Waals surface area (Å²) in [5.41, 5.74) is 1.50. The molecular formula is C18H27F2N. The van der Waals surface area contributed by atoms with Gasteiger partial charge < -0.3 is 4.90 Å². The number of rotatable bonds is 6. The van der Waals surface area contributed by atoms with E-state index in [0.717, 1.165) is 19.3 Å². The third kappa shape index (κ3) is 3.28. The Balaban J connectivity index is 2.30. The molecule has 1 saturated carbocycles. The first-order valence-corrected chi connectivity index (χ1v) is 7.92. The summed E-state index contributed by atoms with van der Waals surface area (Å²) in [6.45, 7) is 4.51.